The first kappa shape index (κ1) is 15.4. The Morgan fingerprint density at radius 1 is 1.17 bits per heavy atom. The van der Waals surface area contributed by atoms with Crippen LogP contribution in [0.15, 0.2) is 42.6 Å². The van der Waals surface area contributed by atoms with E-state index >= 15 is 0 Å². The highest BCUT2D eigenvalue weighted by Gasteiger charge is 2.04. The molecular formula is C17H18N4OS. The summed E-state index contributed by atoms with van der Waals surface area (Å²) in [6.45, 7) is 3.14. The van der Waals surface area contributed by atoms with Crippen molar-refractivity contribution in [3.05, 3.63) is 53.9 Å². The Bertz CT molecular complexity index is 765. The molecule has 0 saturated heterocycles. The van der Waals surface area contributed by atoms with Gasteiger partial charge >= 0.3 is 0 Å². The summed E-state index contributed by atoms with van der Waals surface area (Å²) in [7, 11) is 0. The van der Waals surface area contributed by atoms with E-state index in [0.29, 0.717) is 19.5 Å². The normalized spacial score (nSPS) is 10.7. The lowest BCUT2D eigenvalue weighted by Crippen LogP contribution is -2.30. The lowest BCUT2D eigenvalue weighted by Gasteiger charge is -2.06. The van der Waals surface area contributed by atoms with Gasteiger partial charge in [0.15, 0.2) is 5.13 Å². The number of carbonyl (C=O) groups excluding carboxylic acids is 1. The molecule has 0 saturated carbocycles. The Hall–Kier alpha value is -2.47. The first-order chi connectivity index (χ1) is 11.2. The largest absolute Gasteiger partial charge is 0.360 e. The summed E-state index contributed by atoms with van der Waals surface area (Å²) < 4.78 is 1.16. The third-order valence-electron chi connectivity index (χ3n) is 3.35. The molecule has 0 unspecified atom stereocenters. The van der Waals surface area contributed by atoms with Gasteiger partial charge in [0.25, 0.3) is 0 Å². The molecule has 0 aliphatic heterocycles. The summed E-state index contributed by atoms with van der Waals surface area (Å²) in [5, 5.41) is 7.02. The molecule has 1 amide bonds. The molecule has 2 N–H and O–H groups in total. The third-order valence-corrected chi connectivity index (χ3v) is 4.35. The highest BCUT2D eigenvalue weighted by atomic mass is 32.1. The molecule has 0 fully saturated rings. The molecular weight excluding hydrogens is 308 g/mol. The molecule has 0 bridgehead atoms. The van der Waals surface area contributed by atoms with Crippen molar-refractivity contribution in [1.29, 1.82) is 0 Å². The zero-order valence-electron chi connectivity index (χ0n) is 12.9. The van der Waals surface area contributed by atoms with Gasteiger partial charge in [-0.25, -0.2) is 4.98 Å². The van der Waals surface area contributed by atoms with Crippen molar-refractivity contribution in [2.45, 2.75) is 13.3 Å². The second-order valence-corrected chi connectivity index (χ2v) is 6.28. The van der Waals surface area contributed by atoms with E-state index in [-0.39, 0.29) is 5.91 Å². The molecule has 1 aromatic carbocycles. The van der Waals surface area contributed by atoms with Gasteiger partial charge in [0.2, 0.25) is 5.91 Å². The van der Waals surface area contributed by atoms with Crippen LogP contribution in [0, 0.1) is 6.92 Å². The molecule has 5 nitrogen and oxygen atoms in total. The van der Waals surface area contributed by atoms with Gasteiger partial charge in [-0.05, 0) is 30.7 Å². The fourth-order valence-corrected chi connectivity index (χ4v) is 3.06. The minimum Gasteiger partial charge on any atom is -0.360 e. The lowest BCUT2D eigenvalue weighted by atomic mass is 10.2. The Morgan fingerprint density at radius 2 is 2.04 bits per heavy atom. The van der Waals surface area contributed by atoms with Crippen molar-refractivity contribution >= 4 is 32.6 Å². The predicted octanol–water partition coefficient (Wildman–Crippen LogP) is 2.77. The Labute approximate surface area is 138 Å². The maximum atomic E-state index is 11.9. The molecule has 0 aliphatic carbocycles. The highest BCUT2D eigenvalue weighted by molar-refractivity contribution is 7.22. The maximum absolute atomic E-state index is 11.9. The second-order valence-electron chi connectivity index (χ2n) is 5.25. The van der Waals surface area contributed by atoms with E-state index in [1.807, 2.05) is 37.3 Å². The highest BCUT2D eigenvalue weighted by Crippen LogP contribution is 2.24. The smallest absolute Gasteiger partial charge is 0.224 e. The third kappa shape index (κ3) is 4.26. The molecule has 6 heteroatoms. The average molecular weight is 326 g/mol. The van der Waals surface area contributed by atoms with Crippen molar-refractivity contribution in [2.24, 2.45) is 0 Å². The molecule has 0 aliphatic rings. The number of hydrogen-bond donors (Lipinski definition) is 2. The molecule has 3 aromatic rings. The number of fused-ring (bicyclic) bond motifs is 1. The van der Waals surface area contributed by atoms with Crippen LogP contribution in [0.5, 0.6) is 0 Å². The number of carbonyl (C=O) groups is 1. The van der Waals surface area contributed by atoms with E-state index in [1.165, 1.54) is 0 Å². The number of pyridine rings is 1. The topological polar surface area (TPSA) is 66.9 Å². The number of benzene rings is 1. The molecule has 0 atom stereocenters. The molecule has 23 heavy (non-hydrogen) atoms. The number of anilines is 1. The van der Waals surface area contributed by atoms with Gasteiger partial charge in [-0.15, -0.1) is 0 Å². The van der Waals surface area contributed by atoms with Crippen molar-refractivity contribution in [2.75, 3.05) is 18.4 Å². The number of nitrogens with zero attached hydrogens (tertiary/aromatic N) is 2. The van der Waals surface area contributed by atoms with Gasteiger partial charge in [0, 0.05) is 25.0 Å². The van der Waals surface area contributed by atoms with Crippen LogP contribution in [-0.2, 0) is 11.2 Å². The van der Waals surface area contributed by atoms with Crippen LogP contribution in [-0.4, -0.2) is 29.0 Å². The fraction of sp³-hybridized carbons (Fsp3) is 0.235. The summed E-state index contributed by atoms with van der Waals surface area (Å²) in [5.74, 6) is 0.00162. The van der Waals surface area contributed by atoms with Gasteiger partial charge < -0.3 is 10.6 Å². The van der Waals surface area contributed by atoms with Crippen molar-refractivity contribution in [3.63, 3.8) is 0 Å². The Morgan fingerprint density at radius 3 is 2.83 bits per heavy atom. The molecule has 2 heterocycles. The van der Waals surface area contributed by atoms with Crippen LogP contribution in [0.4, 0.5) is 5.13 Å². The summed E-state index contributed by atoms with van der Waals surface area (Å²) in [6.07, 6.45) is 2.10. The number of hydrogen-bond acceptors (Lipinski definition) is 5. The molecule has 0 spiro atoms. The van der Waals surface area contributed by atoms with E-state index in [2.05, 4.69) is 26.7 Å². The average Bonchev–Trinajstić information content (AvgIpc) is 2.96. The maximum Gasteiger partial charge on any atom is 0.224 e. The van der Waals surface area contributed by atoms with Gasteiger partial charge in [0.05, 0.1) is 16.6 Å². The van der Waals surface area contributed by atoms with Gasteiger partial charge in [-0.1, -0.05) is 29.5 Å². The quantitative estimate of drug-likeness (QED) is 0.684. The lowest BCUT2D eigenvalue weighted by molar-refractivity contribution is -0.120. The zero-order chi connectivity index (χ0) is 16.1. The van der Waals surface area contributed by atoms with Gasteiger partial charge in [-0.2, -0.15) is 0 Å². The predicted molar refractivity (Wildman–Crippen MR) is 93.8 cm³/mol. The summed E-state index contributed by atoms with van der Waals surface area (Å²) >= 11 is 1.62. The number of aryl methyl sites for hydroxylation is 1. The summed E-state index contributed by atoms with van der Waals surface area (Å²) in [6, 6.07) is 11.9. The minimum atomic E-state index is 0.00162. The standard InChI is InChI=1S/C17H18N4OS/c1-12-6-7-13(11-20-12)10-16(22)18-8-9-19-17-21-14-4-2-3-5-15(14)23-17/h2-7,11H,8-10H2,1H3,(H,18,22)(H,19,21). The van der Waals surface area contributed by atoms with Crippen LogP contribution in [0.25, 0.3) is 10.2 Å². The van der Waals surface area contributed by atoms with Crippen LogP contribution in [0.3, 0.4) is 0 Å². The fourth-order valence-electron chi connectivity index (χ4n) is 2.17. The number of aromatic nitrogens is 2. The van der Waals surface area contributed by atoms with Gasteiger partial charge in [-0.3, -0.25) is 9.78 Å². The van der Waals surface area contributed by atoms with E-state index in [9.17, 15) is 4.79 Å². The zero-order valence-corrected chi connectivity index (χ0v) is 13.7. The number of nitrogens with one attached hydrogen (secondary N) is 2. The molecule has 118 valence electrons. The van der Waals surface area contributed by atoms with Gasteiger partial charge in [0.1, 0.15) is 0 Å². The monoisotopic (exact) mass is 326 g/mol. The molecule has 2 aromatic heterocycles. The van der Waals surface area contributed by atoms with Crippen LogP contribution < -0.4 is 10.6 Å². The van der Waals surface area contributed by atoms with E-state index in [1.54, 1.807) is 17.5 Å². The second kappa shape index (κ2) is 7.19. The van der Waals surface area contributed by atoms with E-state index < -0.39 is 0 Å². The van der Waals surface area contributed by atoms with Crippen LogP contribution >= 0.6 is 11.3 Å². The van der Waals surface area contributed by atoms with Crippen LogP contribution in [0.1, 0.15) is 11.3 Å². The molecule has 3 rings (SSSR count). The summed E-state index contributed by atoms with van der Waals surface area (Å²) in [5.41, 5.74) is 2.87. The molecule has 0 radical (unpaired) electrons. The minimum absolute atomic E-state index is 0.00162. The van der Waals surface area contributed by atoms with Crippen molar-refractivity contribution < 1.29 is 4.79 Å². The van der Waals surface area contributed by atoms with E-state index in [4.69, 9.17) is 0 Å². The van der Waals surface area contributed by atoms with Crippen LogP contribution in [0.2, 0.25) is 0 Å². The number of amides is 1. The SMILES string of the molecule is Cc1ccc(CC(=O)NCCNc2nc3ccccc3s2)cn1. The Balaban J connectivity index is 1.42. The number of para-hydroxylation sites is 1. The Kier molecular flexibility index (Phi) is 4.83. The van der Waals surface area contributed by atoms with E-state index in [0.717, 1.165) is 26.6 Å². The first-order valence-electron chi connectivity index (χ1n) is 7.48. The van der Waals surface area contributed by atoms with Crippen molar-refractivity contribution in [3.8, 4) is 0 Å². The van der Waals surface area contributed by atoms with Crippen molar-refractivity contribution in [1.82, 2.24) is 15.3 Å². The summed E-state index contributed by atoms with van der Waals surface area (Å²) in [4.78, 5) is 20.6. The number of thiazole rings is 1. The number of rotatable bonds is 6. The first-order valence-corrected chi connectivity index (χ1v) is 8.30.